The van der Waals surface area contributed by atoms with Crippen LogP contribution in [-0.2, 0) is 35.5 Å². The van der Waals surface area contributed by atoms with Crippen LogP contribution >= 0.6 is 0 Å². The number of nitrogens with zero attached hydrogens (tertiary/aromatic N) is 3. The van der Waals surface area contributed by atoms with E-state index in [-0.39, 0.29) is 80.1 Å². The zero-order valence-electron chi connectivity index (χ0n) is 44.2. The predicted molar refractivity (Wildman–Crippen MR) is 276 cm³/mol. The Morgan fingerprint density at radius 2 is 1.27 bits per heavy atom. The molecule has 8 rings (SSSR count). The summed E-state index contributed by atoms with van der Waals surface area (Å²) in [7, 11) is 0. The fraction of sp³-hybridized carbons (Fsp3) is 0.586. The lowest BCUT2D eigenvalue weighted by molar-refractivity contribution is -0.142. The summed E-state index contributed by atoms with van der Waals surface area (Å²) in [6, 6.07) is 1.67. The fourth-order valence-corrected chi connectivity index (χ4v) is 11.5. The van der Waals surface area contributed by atoms with Crippen LogP contribution in [0.15, 0.2) is 58.7 Å². The summed E-state index contributed by atoms with van der Waals surface area (Å²) in [6.07, 6.45) is 12.9. The van der Waals surface area contributed by atoms with E-state index in [0.717, 1.165) is 25.7 Å². The van der Waals surface area contributed by atoms with Crippen LogP contribution in [0.2, 0.25) is 0 Å². The molecule has 2 saturated heterocycles. The van der Waals surface area contributed by atoms with Crippen LogP contribution in [0.25, 0.3) is 0 Å². The largest absolute Gasteiger partial charge is 0.508 e. The van der Waals surface area contributed by atoms with Crippen LogP contribution in [0.3, 0.4) is 0 Å². The van der Waals surface area contributed by atoms with E-state index in [4.69, 9.17) is 18.9 Å². The van der Waals surface area contributed by atoms with Gasteiger partial charge in [-0.1, -0.05) is 46.6 Å². The Balaban J connectivity index is 0.968. The van der Waals surface area contributed by atoms with Crippen molar-refractivity contribution in [1.29, 1.82) is 0 Å². The molecule has 15 heteroatoms. The van der Waals surface area contributed by atoms with Crippen molar-refractivity contribution in [2.45, 2.75) is 175 Å². The maximum atomic E-state index is 14.4. The van der Waals surface area contributed by atoms with Crippen molar-refractivity contribution in [3.05, 3.63) is 92.1 Å². The van der Waals surface area contributed by atoms with Gasteiger partial charge in [0.15, 0.2) is 0 Å². The molecular weight excluding hydrogens is 931 g/mol. The lowest BCUT2D eigenvalue weighted by Crippen LogP contribution is -2.49. The number of ether oxygens (including phenoxy) is 4. The van der Waals surface area contributed by atoms with Crippen molar-refractivity contribution in [3.63, 3.8) is 0 Å². The molecule has 2 aromatic carbocycles. The van der Waals surface area contributed by atoms with Crippen LogP contribution in [0.1, 0.15) is 163 Å². The van der Waals surface area contributed by atoms with Gasteiger partial charge in [-0.05, 0) is 132 Å². The van der Waals surface area contributed by atoms with E-state index in [1.807, 2.05) is 13.8 Å². The third kappa shape index (κ3) is 11.5. The van der Waals surface area contributed by atoms with Gasteiger partial charge in [-0.25, -0.2) is 9.59 Å². The number of aliphatic hydroxyl groups is 2. The molecule has 6 aliphatic rings. The first-order chi connectivity index (χ1) is 34.7. The lowest BCUT2D eigenvalue weighted by atomic mass is 9.84. The van der Waals surface area contributed by atoms with Crippen molar-refractivity contribution < 1.29 is 58.6 Å². The van der Waals surface area contributed by atoms with Crippen molar-refractivity contribution in [1.82, 2.24) is 14.7 Å². The number of phenolic OH excluding ortho intramolecular Hbond substituents is 1. The van der Waals surface area contributed by atoms with Gasteiger partial charge in [0.2, 0.25) is 0 Å². The second-order valence-corrected chi connectivity index (χ2v) is 22.5. The minimum absolute atomic E-state index is 0.0197. The summed E-state index contributed by atoms with van der Waals surface area (Å²) in [5.41, 5.74) is 5.46. The number of aromatic hydroxyl groups is 1. The summed E-state index contributed by atoms with van der Waals surface area (Å²) in [6.45, 7) is 18.7. The van der Waals surface area contributed by atoms with Crippen LogP contribution < -0.4 is 14.2 Å². The lowest BCUT2D eigenvalue weighted by Gasteiger charge is -2.41. The molecule has 73 heavy (non-hydrogen) atoms. The number of carboxylic acids is 1. The quantitative estimate of drug-likeness (QED) is 0.0976. The molecule has 3 amide bonds. The molecule has 15 nitrogen and oxygen atoms in total. The molecule has 0 bridgehead atoms. The number of hydrogen-bond donors (Lipinski definition) is 4. The molecule has 7 atom stereocenters. The van der Waals surface area contributed by atoms with Gasteiger partial charge in [0.25, 0.3) is 11.8 Å². The number of rotatable bonds is 19. The van der Waals surface area contributed by atoms with Gasteiger partial charge < -0.3 is 54.1 Å². The Hall–Kier alpha value is -5.64. The molecule has 396 valence electrons. The smallest absolute Gasteiger partial charge is 0.415 e. The molecule has 0 aromatic heterocycles. The van der Waals surface area contributed by atoms with Gasteiger partial charge >= 0.3 is 12.1 Å². The Bertz CT molecular complexity index is 2600. The third-order valence-electron chi connectivity index (χ3n) is 16.2. The number of carboxylic acid groups (broad SMARTS) is 1. The van der Waals surface area contributed by atoms with Gasteiger partial charge in [-0.2, -0.15) is 0 Å². The number of carbonyl (C=O) groups excluding carboxylic acids is 3. The molecule has 0 saturated carbocycles. The zero-order chi connectivity index (χ0) is 52.5. The number of amides is 3. The molecule has 0 aliphatic carbocycles. The van der Waals surface area contributed by atoms with Gasteiger partial charge in [0, 0.05) is 66.6 Å². The molecule has 2 unspecified atom stereocenters. The van der Waals surface area contributed by atoms with E-state index in [0.29, 0.717) is 91.3 Å². The number of carbonyl (C=O) groups is 4. The van der Waals surface area contributed by atoms with Crippen molar-refractivity contribution >= 4 is 23.9 Å². The summed E-state index contributed by atoms with van der Waals surface area (Å²) in [5.74, 6) is -0.902. The normalized spacial score (nSPS) is 25.6. The number of fused-ring (bicyclic) bond motifs is 7. The van der Waals surface area contributed by atoms with E-state index in [1.54, 1.807) is 15.9 Å². The second kappa shape index (κ2) is 22.1. The number of aliphatic hydroxyl groups excluding tert-OH is 2. The Morgan fingerprint density at radius 3 is 1.84 bits per heavy atom. The number of hydrogen-bond acceptors (Lipinski definition) is 11. The average Bonchev–Trinajstić information content (AvgIpc) is 4.09. The Morgan fingerprint density at radius 1 is 0.740 bits per heavy atom. The first kappa shape index (κ1) is 53.6. The SMILES string of the molecule is CC(C)=CCC/C(C)=C/CC[C@@]1(C)Oc2c(c(O)cc3c2CN([C@@H](CCCN2Cc4c(cc(OC(=O)N5CC6COCC6C5)c5c4O[C@](C)(CC/C=C(\C)CCC=C(C)C)[C@@H](O)C5)C2=O)C(=O)O)C3=O)C[C@@H]1O. The molecular formula is C58H77N3O12. The first-order valence-corrected chi connectivity index (χ1v) is 26.4. The highest BCUT2D eigenvalue weighted by molar-refractivity contribution is 6.02. The molecule has 0 spiro atoms. The van der Waals surface area contributed by atoms with Crippen LogP contribution in [0.5, 0.6) is 23.0 Å². The summed E-state index contributed by atoms with van der Waals surface area (Å²) in [5, 5.41) is 44.9. The minimum atomic E-state index is -1.26. The van der Waals surface area contributed by atoms with E-state index >= 15 is 0 Å². The third-order valence-corrected chi connectivity index (χ3v) is 16.2. The summed E-state index contributed by atoms with van der Waals surface area (Å²) in [4.78, 5) is 59.9. The summed E-state index contributed by atoms with van der Waals surface area (Å²) >= 11 is 0. The molecule has 2 fully saturated rings. The van der Waals surface area contributed by atoms with E-state index in [1.165, 1.54) is 33.3 Å². The maximum absolute atomic E-state index is 14.4. The molecule has 0 radical (unpaired) electrons. The number of allylic oxidation sites excluding steroid dienone is 8. The number of aliphatic carboxylic acids is 1. The average molecular weight is 1010 g/mol. The van der Waals surface area contributed by atoms with Gasteiger partial charge in [0.05, 0.1) is 49.6 Å². The van der Waals surface area contributed by atoms with Gasteiger partial charge in [-0.3, -0.25) is 9.59 Å². The van der Waals surface area contributed by atoms with Crippen molar-refractivity contribution in [3.8, 4) is 23.0 Å². The fourth-order valence-electron chi connectivity index (χ4n) is 11.5. The molecule has 6 aliphatic heterocycles. The van der Waals surface area contributed by atoms with Gasteiger partial charge in [0.1, 0.15) is 40.2 Å². The number of phenols is 1. The Kier molecular flexibility index (Phi) is 16.2. The molecule has 2 aromatic rings. The van der Waals surface area contributed by atoms with Crippen LogP contribution in [0.4, 0.5) is 4.79 Å². The zero-order valence-corrected chi connectivity index (χ0v) is 44.2. The van der Waals surface area contributed by atoms with Crippen molar-refractivity contribution in [2.75, 3.05) is 32.8 Å². The van der Waals surface area contributed by atoms with Gasteiger partial charge in [-0.15, -0.1) is 0 Å². The van der Waals surface area contributed by atoms with Crippen molar-refractivity contribution in [2.24, 2.45) is 11.8 Å². The highest BCUT2D eigenvalue weighted by Gasteiger charge is 2.48. The predicted octanol–water partition coefficient (Wildman–Crippen LogP) is 9.37. The molecule has 4 N–H and O–H groups in total. The van der Waals surface area contributed by atoms with Crippen LogP contribution in [0, 0.1) is 11.8 Å². The number of likely N-dealkylation sites (tertiary alicyclic amines) is 1. The maximum Gasteiger partial charge on any atom is 0.415 e. The standard InChI is InChI=1S/C58H77N3O12/c1-34(2)14-9-16-36(5)18-11-21-57(7)49(63)26-42-47(62)24-40-45(51(42)72-57)31-61(54(40)66)46(55(67)68)20-13-23-59-30-44-41(53(59)65)25-48(71-56(69)60-28-38-32-70-33-39(38)29-60)43-27-50(64)58(8,73-52(43)44)22-12-19-37(6)17-10-15-35(3)4/h14-15,18-19,24-25,38-39,46,49-50,62-64H,9-13,16-17,20-23,26-33H2,1-8H3,(H,67,68)/b36-18+,37-19+/t38?,39?,46-,49-,50-,57+,58+/m0/s1. The number of benzene rings is 2. The monoisotopic (exact) mass is 1010 g/mol. The Labute approximate surface area is 430 Å². The topological polar surface area (TPSA) is 196 Å². The summed E-state index contributed by atoms with van der Waals surface area (Å²) < 4.78 is 25.1. The second-order valence-electron chi connectivity index (χ2n) is 22.5. The minimum Gasteiger partial charge on any atom is -0.508 e. The highest BCUT2D eigenvalue weighted by Crippen LogP contribution is 2.49. The van der Waals surface area contributed by atoms with E-state index in [9.17, 15) is 39.6 Å². The van der Waals surface area contributed by atoms with Crippen LogP contribution in [-0.4, -0.2) is 121 Å². The highest BCUT2D eigenvalue weighted by atomic mass is 16.6. The van der Waals surface area contributed by atoms with E-state index < -0.39 is 47.4 Å². The first-order valence-electron chi connectivity index (χ1n) is 26.4. The van der Waals surface area contributed by atoms with E-state index in [2.05, 4.69) is 65.8 Å². The molecule has 6 heterocycles.